The summed E-state index contributed by atoms with van der Waals surface area (Å²) in [6.45, 7) is 0. The maximum atomic E-state index is 7.35. The molecule has 0 amide bonds. The van der Waals surface area contributed by atoms with E-state index in [1.165, 1.54) is 92.2 Å². The number of furan rings is 1. The van der Waals surface area contributed by atoms with E-state index in [4.69, 9.17) is 9.15 Å². The number of benzene rings is 6. The van der Waals surface area contributed by atoms with Gasteiger partial charge in [0.1, 0.15) is 22.7 Å². The van der Waals surface area contributed by atoms with E-state index in [0.29, 0.717) is 11.8 Å². The van der Waals surface area contributed by atoms with Crippen LogP contribution < -0.4 is 9.64 Å². The van der Waals surface area contributed by atoms with E-state index >= 15 is 0 Å². The van der Waals surface area contributed by atoms with Crippen molar-refractivity contribution in [2.75, 3.05) is 4.90 Å². The SMILES string of the molecule is C1=CCCC(C2(C3CC=CCC3)c3ccccc3-c3c2ccc2c3oc3c(C4C=CC(N(c5ccc(C6=C7Oc8ccccc8C7CC=C6)cc5)c5ccc(C6C=CCCC6)cc5)=CC4)cccc32)=C1. The second kappa shape index (κ2) is 16.9. The van der Waals surface area contributed by atoms with Crippen molar-refractivity contribution in [3.05, 3.63) is 251 Å². The zero-order valence-corrected chi connectivity index (χ0v) is 39.7. The summed E-state index contributed by atoms with van der Waals surface area (Å²) in [7, 11) is 0. The average molecular weight is 908 g/mol. The number of rotatable bonds is 8. The maximum Gasteiger partial charge on any atom is 0.143 e. The molecule has 5 unspecified atom stereocenters. The number of nitrogens with zero attached hydrogens (tertiary/aromatic N) is 1. The Hall–Kier alpha value is -7.36. The minimum atomic E-state index is -0.172. The summed E-state index contributed by atoms with van der Waals surface area (Å²) in [6, 6.07) is 47.9. The highest BCUT2D eigenvalue weighted by Crippen LogP contribution is 2.62. The van der Waals surface area contributed by atoms with Gasteiger partial charge in [-0.25, -0.2) is 0 Å². The second-order valence-corrected chi connectivity index (χ2v) is 20.6. The van der Waals surface area contributed by atoms with Crippen molar-refractivity contribution in [2.24, 2.45) is 5.92 Å². The molecule has 0 N–H and O–H groups in total. The third kappa shape index (κ3) is 6.54. The molecule has 342 valence electrons. The van der Waals surface area contributed by atoms with E-state index in [1.54, 1.807) is 5.57 Å². The van der Waals surface area contributed by atoms with Crippen molar-refractivity contribution in [3.8, 4) is 16.9 Å². The molecule has 0 fully saturated rings. The van der Waals surface area contributed by atoms with Crippen molar-refractivity contribution in [3.63, 3.8) is 0 Å². The van der Waals surface area contributed by atoms with Crippen LogP contribution in [0.1, 0.15) is 115 Å². The summed E-state index contributed by atoms with van der Waals surface area (Å²) in [5.74, 6) is 3.46. The summed E-state index contributed by atoms with van der Waals surface area (Å²) < 4.78 is 13.9. The molecule has 1 aliphatic heterocycles. The maximum absolute atomic E-state index is 7.35. The van der Waals surface area contributed by atoms with Crippen LogP contribution in [0.3, 0.4) is 0 Å². The van der Waals surface area contributed by atoms with Crippen LogP contribution in [0.5, 0.6) is 5.75 Å². The van der Waals surface area contributed by atoms with Crippen molar-refractivity contribution >= 4 is 38.9 Å². The molecule has 0 saturated carbocycles. The predicted octanol–water partition coefficient (Wildman–Crippen LogP) is 17.9. The molecule has 2 heterocycles. The van der Waals surface area contributed by atoms with Crippen molar-refractivity contribution in [2.45, 2.75) is 87.4 Å². The number of hydrogen-bond acceptors (Lipinski definition) is 3. The summed E-state index contributed by atoms with van der Waals surface area (Å²) >= 11 is 0. The van der Waals surface area contributed by atoms with E-state index in [9.17, 15) is 0 Å². The summed E-state index contributed by atoms with van der Waals surface area (Å²) in [6.07, 6.45) is 39.5. The third-order valence-electron chi connectivity index (χ3n) is 16.9. The Morgan fingerprint density at radius 2 is 1.43 bits per heavy atom. The fourth-order valence-corrected chi connectivity index (χ4v) is 13.6. The van der Waals surface area contributed by atoms with E-state index in [-0.39, 0.29) is 17.3 Å². The standard InChI is InChI=1S/C67H57NO2/c1-4-16-44(17-5-1)45-30-36-50(37-31-45)68(51-38-32-46(33-39-51)53-24-14-26-56-55-22-11-13-29-62(55)69-64(53)56)52-40-34-47(35-41-52)54-25-15-27-57-58-42-43-61-63(66(58)70-65(54)57)59-23-10-12-28-60(59)67(61,48-18-6-2-7-19-48)49-20-8-3-9-21-49/h2-4,6,8,10-16,18,22-25,27-34,36-44,47,49,56H,1,5,7,9,17,19-21,26,35H2. The largest absolute Gasteiger partial charge is 0.460 e. The van der Waals surface area contributed by atoms with Gasteiger partial charge in [-0.05, 0) is 134 Å². The van der Waals surface area contributed by atoms with Crippen LogP contribution in [-0.4, -0.2) is 0 Å². The smallest absolute Gasteiger partial charge is 0.143 e. The number of hydrogen-bond donors (Lipinski definition) is 0. The molecule has 70 heavy (non-hydrogen) atoms. The summed E-state index contributed by atoms with van der Waals surface area (Å²) in [4.78, 5) is 2.44. The lowest BCUT2D eigenvalue weighted by Crippen LogP contribution is -2.38. The number of anilines is 2. The lowest BCUT2D eigenvalue weighted by molar-refractivity contribution is 0.336. The molecule has 6 aromatic carbocycles. The van der Waals surface area contributed by atoms with Gasteiger partial charge in [-0.3, -0.25) is 0 Å². The number of ether oxygens (including phenoxy) is 1. The van der Waals surface area contributed by atoms with Gasteiger partial charge in [-0.15, -0.1) is 0 Å². The lowest BCUT2D eigenvalue weighted by Gasteiger charge is -2.43. The molecule has 0 bridgehead atoms. The molecule has 5 atom stereocenters. The van der Waals surface area contributed by atoms with Crippen LogP contribution in [0.15, 0.2) is 222 Å². The zero-order valence-electron chi connectivity index (χ0n) is 39.7. The highest BCUT2D eigenvalue weighted by molar-refractivity contribution is 6.13. The first-order chi connectivity index (χ1) is 34.7. The Morgan fingerprint density at radius 3 is 2.24 bits per heavy atom. The van der Waals surface area contributed by atoms with Gasteiger partial charge in [0, 0.05) is 73.3 Å². The number of allylic oxidation sites excluding steroid dienone is 15. The Labute approximate surface area is 411 Å². The number of fused-ring (bicyclic) bond motifs is 10. The van der Waals surface area contributed by atoms with Gasteiger partial charge in [0.05, 0.1) is 0 Å². The fourth-order valence-electron chi connectivity index (χ4n) is 13.6. The quantitative estimate of drug-likeness (QED) is 0.142. The molecule has 0 saturated heterocycles. The zero-order chi connectivity index (χ0) is 46.2. The predicted molar refractivity (Wildman–Crippen MR) is 289 cm³/mol. The first-order valence-corrected chi connectivity index (χ1v) is 26.0. The van der Waals surface area contributed by atoms with Crippen LogP contribution in [0.2, 0.25) is 0 Å². The minimum absolute atomic E-state index is 0.167. The normalized spacial score (nSPS) is 24.0. The van der Waals surface area contributed by atoms with E-state index in [0.717, 1.165) is 72.6 Å². The molecule has 6 aliphatic carbocycles. The van der Waals surface area contributed by atoms with Crippen LogP contribution in [0, 0.1) is 5.92 Å². The van der Waals surface area contributed by atoms with Gasteiger partial charge in [-0.1, -0.05) is 169 Å². The van der Waals surface area contributed by atoms with Crippen LogP contribution >= 0.6 is 0 Å². The topological polar surface area (TPSA) is 25.6 Å². The van der Waals surface area contributed by atoms with Gasteiger partial charge >= 0.3 is 0 Å². The summed E-state index contributed by atoms with van der Waals surface area (Å²) in [5, 5.41) is 2.41. The van der Waals surface area contributed by atoms with Gasteiger partial charge in [-0.2, -0.15) is 0 Å². The third-order valence-corrected chi connectivity index (χ3v) is 16.9. The molecule has 0 radical (unpaired) electrons. The van der Waals surface area contributed by atoms with Gasteiger partial charge < -0.3 is 14.1 Å². The Bertz CT molecular complexity index is 3490. The van der Waals surface area contributed by atoms with Crippen molar-refractivity contribution < 1.29 is 9.15 Å². The highest BCUT2D eigenvalue weighted by Gasteiger charge is 2.51. The molecule has 0 spiro atoms. The fraction of sp³-hybridized carbons (Fsp3) is 0.224. The lowest BCUT2D eigenvalue weighted by atomic mass is 9.59. The monoisotopic (exact) mass is 907 g/mol. The molecule has 3 nitrogen and oxygen atoms in total. The molecule has 7 aliphatic rings. The van der Waals surface area contributed by atoms with Gasteiger partial charge in [0.15, 0.2) is 0 Å². The van der Waals surface area contributed by atoms with E-state index in [2.05, 4.69) is 205 Å². The van der Waals surface area contributed by atoms with Gasteiger partial charge in [0.2, 0.25) is 0 Å². The molecule has 14 rings (SSSR count). The molecular weight excluding hydrogens is 851 g/mol. The first-order valence-electron chi connectivity index (χ1n) is 26.0. The van der Waals surface area contributed by atoms with Crippen LogP contribution in [-0.2, 0) is 5.41 Å². The summed E-state index contributed by atoms with van der Waals surface area (Å²) in [5.41, 5.74) is 18.7. The van der Waals surface area contributed by atoms with Gasteiger partial charge in [0.25, 0.3) is 0 Å². The highest BCUT2D eigenvalue weighted by atomic mass is 16.5. The van der Waals surface area contributed by atoms with Crippen molar-refractivity contribution in [1.82, 2.24) is 0 Å². The number of para-hydroxylation sites is 2. The van der Waals surface area contributed by atoms with Crippen LogP contribution in [0.25, 0.3) is 38.6 Å². The Balaban J connectivity index is 0.828. The molecule has 7 aromatic rings. The molecule has 3 heteroatoms. The first kappa shape index (κ1) is 41.6. The van der Waals surface area contributed by atoms with Crippen molar-refractivity contribution in [1.29, 1.82) is 0 Å². The molecule has 1 aromatic heterocycles. The molecular formula is C67H57NO2. The second-order valence-electron chi connectivity index (χ2n) is 20.6. The Morgan fingerprint density at radius 1 is 0.586 bits per heavy atom. The van der Waals surface area contributed by atoms with E-state index < -0.39 is 0 Å². The Kier molecular flexibility index (Phi) is 10.1. The van der Waals surface area contributed by atoms with E-state index in [1.807, 2.05) is 0 Å². The minimum Gasteiger partial charge on any atom is -0.460 e. The van der Waals surface area contributed by atoms with Crippen LogP contribution in [0.4, 0.5) is 11.4 Å². The average Bonchev–Trinajstić information content (AvgIpc) is 4.11.